The number of aryl methyl sites for hydroxylation is 2. The molecule has 1 amide bonds. The highest BCUT2D eigenvalue weighted by Crippen LogP contribution is 2.23. The number of carbonyl (C=O) groups excluding carboxylic acids is 2. The van der Waals surface area contributed by atoms with Gasteiger partial charge in [-0.3, -0.25) is 4.79 Å². The zero-order valence-corrected chi connectivity index (χ0v) is 14.8. The van der Waals surface area contributed by atoms with Gasteiger partial charge in [-0.25, -0.2) is 4.79 Å². The van der Waals surface area contributed by atoms with Crippen LogP contribution in [0.5, 0.6) is 5.75 Å². The predicted molar refractivity (Wildman–Crippen MR) is 91.9 cm³/mol. The molecule has 0 aromatic heterocycles. The lowest BCUT2D eigenvalue weighted by Gasteiger charge is -2.29. The lowest BCUT2D eigenvalue weighted by Crippen LogP contribution is -2.43. The van der Waals surface area contributed by atoms with E-state index in [0.717, 1.165) is 30.4 Å². The predicted octanol–water partition coefficient (Wildman–Crippen LogP) is 2.92. The highest BCUT2D eigenvalue weighted by Gasteiger charge is 2.23. The fourth-order valence-corrected chi connectivity index (χ4v) is 2.97. The van der Waals surface area contributed by atoms with Crippen molar-refractivity contribution < 1.29 is 19.1 Å². The topological polar surface area (TPSA) is 64.6 Å². The second-order valence-electron chi connectivity index (χ2n) is 6.65. The third kappa shape index (κ3) is 5.55. The van der Waals surface area contributed by atoms with Gasteiger partial charge in [0.1, 0.15) is 5.75 Å². The van der Waals surface area contributed by atoms with Gasteiger partial charge in [-0.2, -0.15) is 0 Å². The Morgan fingerprint density at radius 1 is 1.17 bits per heavy atom. The quantitative estimate of drug-likeness (QED) is 0.813. The molecule has 2 rings (SSSR count). The van der Waals surface area contributed by atoms with E-state index in [1.807, 2.05) is 32.0 Å². The molecule has 2 atom stereocenters. The Balaban J connectivity index is 1.70. The Morgan fingerprint density at radius 2 is 1.92 bits per heavy atom. The van der Waals surface area contributed by atoms with Gasteiger partial charge in [-0.1, -0.05) is 31.9 Å². The van der Waals surface area contributed by atoms with Crippen LogP contribution in [0.4, 0.5) is 0 Å². The van der Waals surface area contributed by atoms with Crippen LogP contribution < -0.4 is 10.1 Å². The van der Waals surface area contributed by atoms with E-state index in [4.69, 9.17) is 9.47 Å². The van der Waals surface area contributed by atoms with Crippen LogP contribution in [0, 0.1) is 19.8 Å². The molecule has 0 bridgehead atoms. The van der Waals surface area contributed by atoms with Crippen molar-refractivity contribution in [2.75, 3.05) is 13.2 Å². The van der Waals surface area contributed by atoms with Crippen LogP contribution in [0.25, 0.3) is 0 Å². The minimum absolute atomic E-state index is 0.191. The summed E-state index contributed by atoms with van der Waals surface area (Å²) in [6, 6.07) is 5.99. The molecule has 0 aliphatic heterocycles. The van der Waals surface area contributed by atoms with Gasteiger partial charge in [-0.05, 0) is 49.8 Å². The van der Waals surface area contributed by atoms with Crippen LogP contribution in [0.3, 0.4) is 0 Å². The Hall–Kier alpha value is -2.04. The number of hydrogen-bond acceptors (Lipinski definition) is 4. The summed E-state index contributed by atoms with van der Waals surface area (Å²) in [6.45, 7) is 5.57. The Kier molecular flexibility index (Phi) is 6.64. The summed E-state index contributed by atoms with van der Waals surface area (Å²) in [5.41, 5.74) is 2.02. The molecule has 24 heavy (non-hydrogen) atoms. The molecule has 0 unspecified atom stereocenters. The number of hydrogen-bond donors (Lipinski definition) is 1. The number of ether oxygens (including phenoxy) is 2. The van der Waals surface area contributed by atoms with E-state index in [1.165, 1.54) is 6.42 Å². The number of amides is 1. The molecular formula is C19H27NO4. The van der Waals surface area contributed by atoms with E-state index >= 15 is 0 Å². The van der Waals surface area contributed by atoms with Crippen LogP contribution in [0.2, 0.25) is 0 Å². The van der Waals surface area contributed by atoms with Crippen molar-refractivity contribution in [1.82, 2.24) is 5.32 Å². The zero-order chi connectivity index (χ0) is 17.5. The van der Waals surface area contributed by atoms with Crippen LogP contribution in [-0.2, 0) is 14.3 Å². The van der Waals surface area contributed by atoms with Gasteiger partial charge >= 0.3 is 5.97 Å². The van der Waals surface area contributed by atoms with Crippen molar-refractivity contribution in [1.29, 1.82) is 0 Å². The molecule has 1 fully saturated rings. The van der Waals surface area contributed by atoms with Gasteiger partial charge in [0, 0.05) is 6.04 Å². The van der Waals surface area contributed by atoms with Gasteiger partial charge in [-0.15, -0.1) is 0 Å². The number of benzene rings is 1. The van der Waals surface area contributed by atoms with Crippen LogP contribution in [0.1, 0.15) is 43.7 Å². The summed E-state index contributed by atoms with van der Waals surface area (Å²) < 4.78 is 10.5. The zero-order valence-electron chi connectivity index (χ0n) is 14.8. The van der Waals surface area contributed by atoms with Crippen LogP contribution in [-0.4, -0.2) is 31.1 Å². The maximum atomic E-state index is 11.9. The second kappa shape index (κ2) is 8.71. The van der Waals surface area contributed by atoms with Gasteiger partial charge < -0.3 is 14.8 Å². The first kappa shape index (κ1) is 18.3. The highest BCUT2D eigenvalue weighted by atomic mass is 16.6. The molecule has 132 valence electrons. The summed E-state index contributed by atoms with van der Waals surface area (Å²) in [4.78, 5) is 23.7. The van der Waals surface area contributed by atoms with E-state index in [-0.39, 0.29) is 25.2 Å². The number of carbonyl (C=O) groups is 2. The minimum atomic E-state index is -0.539. The van der Waals surface area contributed by atoms with Crippen molar-refractivity contribution >= 4 is 11.9 Å². The Morgan fingerprint density at radius 3 is 2.67 bits per heavy atom. The fourth-order valence-electron chi connectivity index (χ4n) is 2.97. The van der Waals surface area contributed by atoms with Crippen LogP contribution in [0.15, 0.2) is 18.2 Å². The van der Waals surface area contributed by atoms with E-state index < -0.39 is 5.97 Å². The average Bonchev–Trinajstić information content (AvgIpc) is 2.56. The van der Waals surface area contributed by atoms with Crippen molar-refractivity contribution in [3.8, 4) is 5.75 Å². The minimum Gasteiger partial charge on any atom is -0.482 e. The Labute approximate surface area is 143 Å². The number of rotatable bonds is 6. The van der Waals surface area contributed by atoms with E-state index in [2.05, 4.69) is 12.2 Å². The summed E-state index contributed by atoms with van der Waals surface area (Å²) in [7, 11) is 0. The third-order valence-corrected chi connectivity index (χ3v) is 4.51. The first-order valence-corrected chi connectivity index (χ1v) is 8.60. The van der Waals surface area contributed by atoms with Crippen molar-refractivity contribution in [3.05, 3.63) is 29.3 Å². The number of nitrogens with one attached hydrogen (secondary N) is 1. The molecule has 5 nitrogen and oxygen atoms in total. The SMILES string of the molecule is Cc1ccc(C)c(OCC(=O)OCC(=O)N[C@H]2CCCC[C@H]2C)c1. The summed E-state index contributed by atoms with van der Waals surface area (Å²) >= 11 is 0. The molecule has 0 heterocycles. The molecule has 1 aromatic rings. The molecule has 1 N–H and O–H groups in total. The fraction of sp³-hybridized carbons (Fsp3) is 0.579. The molecule has 0 radical (unpaired) electrons. The summed E-state index contributed by atoms with van der Waals surface area (Å²) in [5.74, 6) is 0.357. The summed E-state index contributed by atoms with van der Waals surface area (Å²) in [6.07, 6.45) is 4.49. The molecule has 1 aromatic carbocycles. The normalized spacial score (nSPS) is 20.3. The molecule has 1 aliphatic carbocycles. The van der Waals surface area contributed by atoms with E-state index in [1.54, 1.807) is 0 Å². The van der Waals surface area contributed by atoms with Gasteiger partial charge in [0.25, 0.3) is 5.91 Å². The van der Waals surface area contributed by atoms with E-state index in [9.17, 15) is 9.59 Å². The average molecular weight is 333 g/mol. The van der Waals surface area contributed by atoms with Gasteiger partial charge in [0.05, 0.1) is 0 Å². The standard InChI is InChI=1S/C19H27NO4/c1-13-8-9-15(3)17(10-13)23-12-19(22)24-11-18(21)20-16-7-5-4-6-14(16)2/h8-10,14,16H,4-7,11-12H2,1-3H3,(H,20,21)/t14-,16+/m1/s1. The molecule has 0 spiro atoms. The van der Waals surface area contributed by atoms with Gasteiger partial charge in [0.2, 0.25) is 0 Å². The smallest absolute Gasteiger partial charge is 0.344 e. The largest absolute Gasteiger partial charge is 0.482 e. The van der Waals surface area contributed by atoms with Crippen molar-refractivity contribution in [2.24, 2.45) is 5.92 Å². The Bertz CT molecular complexity index is 585. The highest BCUT2D eigenvalue weighted by molar-refractivity contribution is 5.81. The lowest BCUT2D eigenvalue weighted by molar-refractivity contribution is -0.150. The number of esters is 1. The maximum absolute atomic E-state index is 11.9. The molecule has 5 heteroatoms. The maximum Gasteiger partial charge on any atom is 0.344 e. The lowest BCUT2D eigenvalue weighted by atomic mass is 9.86. The van der Waals surface area contributed by atoms with Crippen molar-refractivity contribution in [2.45, 2.75) is 52.5 Å². The first-order valence-electron chi connectivity index (χ1n) is 8.60. The monoisotopic (exact) mass is 333 g/mol. The summed E-state index contributed by atoms with van der Waals surface area (Å²) in [5, 5.41) is 2.96. The molecule has 0 saturated heterocycles. The first-order chi connectivity index (χ1) is 11.5. The van der Waals surface area contributed by atoms with Crippen LogP contribution >= 0.6 is 0 Å². The van der Waals surface area contributed by atoms with E-state index in [0.29, 0.717) is 11.7 Å². The molecule has 1 saturated carbocycles. The molecule has 1 aliphatic rings. The second-order valence-corrected chi connectivity index (χ2v) is 6.65. The molecular weight excluding hydrogens is 306 g/mol. The van der Waals surface area contributed by atoms with Crippen molar-refractivity contribution in [3.63, 3.8) is 0 Å². The van der Waals surface area contributed by atoms with Gasteiger partial charge in [0.15, 0.2) is 13.2 Å². The third-order valence-electron chi connectivity index (χ3n) is 4.51.